The van der Waals surface area contributed by atoms with Crippen molar-refractivity contribution < 1.29 is 19.2 Å². The van der Waals surface area contributed by atoms with Crippen LogP contribution in [0.25, 0.3) is 0 Å². The zero-order valence-electron chi connectivity index (χ0n) is 16.2. The van der Waals surface area contributed by atoms with Gasteiger partial charge < -0.3 is 5.32 Å². The molecule has 3 fully saturated rings. The molecule has 0 aromatic heterocycles. The van der Waals surface area contributed by atoms with Crippen molar-refractivity contribution in [1.29, 1.82) is 0 Å². The molecule has 1 aromatic carbocycles. The van der Waals surface area contributed by atoms with Crippen molar-refractivity contribution in [2.45, 2.75) is 50.2 Å². The summed E-state index contributed by atoms with van der Waals surface area (Å²) in [6, 6.07) is 4.40. The van der Waals surface area contributed by atoms with Gasteiger partial charge >= 0.3 is 0 Å². The zero-order valence-corrected chi connectivity index (χ0v) is 16.2. The van der Waals surface area contributed by atoms with Crippen LogP contribution in [0.1, 0.15) is 58.4 Å². The Kier molecular flexibility index (Phi) is 4.29. The first kappa shape index (κ1) is 18.4. The third-order valence-corrected chi connectivity index (χ3v) is 6.58. The summed E-state index contributed by atoms with van der Waals surface area (Å²) in [5.41, 5.74) is 1.78. The van der Waals surface area contributed by atoms with Gasteiger partial charge in [0.15, 0.2) is 0 Å². The second-order valence-corrected chi connectivity index (χ2v) is 8.60. The Hall–Kier alpha value is -2.58. The minimum absolute atomic E-state index is 0.125. The highest BCUT2D eigenvalue weighted by atomic mass is 16.2. The molecule has 4 aliphatic rings. The van der Waals surface area contributed by atoms with Crippen LogP contribution in [-0.2, 0) is 16.1 Å². The van der Waals surface area contributed by atoms with Crippen LogP contribution in [0.5, 0.6) is 0 Å². The summed E-state index contributed by atoms with van der Waals surface area (Å²) < 4.78 is 0. The number of benzene rings is 1. The van der Waals surface area contributed by atoms with Crippen molar-refractivity contribution in [3.05, 3.63) is 34.9 Å². The molecule has 29 heavy (non-hydrogen) atoms. The maximum absolute atomic E-state index is 13.1. The van der Waals surface area contributed by atoms with E-state index in [-0.39, 0.29) is 24.3 Å². The first-order chi connectivity index (χ1) is 14.0. The molecule has 0 radical (unpaired) electrons. The maximum atomic E-state index is 13.1. The molecule has 0 saturated carbocycles. The van der Waals surface area contributed by atoms with E-state index in [0.717, 1.165) is 30.1 Å². The summed E-state index contributed by atoms with van der Waals surface area (Å²) in [5, 5.41) is 5.86. The molecule has 8 nitrogen and oxygen atoms in total. The number of imide groups is 2. The summed E-state index contributed by atoms with van der Waals surface area (Å²) >= 11 is 0. The van der Waals surface area contributed by atoms with Gasteiger partial charge in [-0.05, 0) is 37.4 Å². The number of carbonyl (C=O) groups excluding carboxylic acids is 4. The Morgan fingerprint density at radius 3 is 2.62 bits per heavy atom. The Labute approximate surface area is 168 Å². The van der Waals surface area contributed by atoms with Crippen LogP contribution in [0.2, 0.25) is 0 Å². The van der Waals surface area contributed by atoms with Crippen LogP contribution >= 0.6 is 0 Å². The van der Waals surface area contributed by atoms with E-state index in [0.29, 0.717) is 17.7 Å². The molecule has 0 aliphatic carbocycles. The van der Waals surface area contributed by atoms with E-state index >= 15 is 0 Å². The van der Waals surface area contributed by atoms with Gasteiger partial charge in [0.1, 0.15) is 6.04 Å². The summed E-state index contributed by atoms with van der Waals surface area (Å²) in [7, 11) is 0. The molecule has 2 N–H and O–H groups in total. The van der Waals surface area contributed by atoms with Crippen molar-refractivity contribution in [2.75, 3.05) is 19.6 Å². The summed E-state index contributed by atoms with van der Waals surface area (Å²) in [6.07, 6.45) is 3.94. The first-order valence-electron chi connectivity index (χ1n) is 10.3. The molecule has 4 amide bonds. The predicted octanol–water partition coefficient (Wildman–Crippen LogP) is 0.416. The molecule has 152 valence electrons. The molecule has 8 heteroatoms. The Morgan fingerprint density at radius 1 is 1.07 bits per heavy atom. The number of piperidine rings is 2. The van der Waals surface area contributed by atoms with Gasteiger partial charge in [-0.15, -0.1) is 0 Å². The standard InChI is InChI=1S/C21H24N4O4/c26-16-7-6-15(18(27)23-16)25-19(28)14-5-3-4-13(17(14)20(25)29)10-24-11-21(12-24)8-1-2-9-22-21/h3-5,15,22H,1-2,6-12H2,(H,23,26,27). The van der Waals surface area contributed by atoms with Crippen molar-refractivity contribution in [1.82, 2.24) is 20.4 Å². The van der Waals surface area contributed by atoms with Gasteiger partial charge in [-0.25, -0.2) is 0 Å². The maximum Gasteiger partial charge on any atom is 0.262 e. The molecule has 1 aromatic rings. The van der Waals surface area contributed by atoms with Gasteiger partial charge in [0.2, 0.25) is 11.8 Å². The fourth-order valence-electron chi connectivity index (χ4n) is 5.18. The number of nitrogens with zero attached hydrogens (tertiary/aromatic N) is 2. The first-order valence-corrected chi connectivity index (χ1v) is 10.3. The summed E-state index contributed by atoms with van der Waals surface area (Å²) in [4.78, 5) is 53.0. The molecule has 1 unspecified atom stereocenters. The lowest BCUT2D eigenvalue weighted by molar-refractivity contribution is -0.136. The van der Waals surface area contributed by atoms with Crippen molar-refractivity contribution in [3.63, 3.8) is 0 Å². The molecule has 3 saturated heterocycles. The van der Waals surface area contributed by atoms with Crippen LogP contribution in [0.3, 0.4) is 0 Å². The van der Waals surface area contributed by atoms with Gasteiger partial charge in [0, 0.05) is 31.6 Å². The van der Waals surface area contributed by atoms with Crippen LogP contribution in [0, 0.1) is 0 Å². The largest absolute Gasteiger partial charge is 0.309 e. The minimum Gasteiger partial charge on any atom is -0.309 e. The minimum atomic E-state index is -0.924. The predicted molar refractivity (Wildman–Crippen MR) is 103 cm³/mol. The van der Waals surface area contributed by atoms with Gasteiger partial charge in [0.25, 0.3) is 11.8 Å². The number of likely N-dealkylation sites (tertiary alicyclic amines) is 1. The van der Waals surface area contributed by atoms with E-state index in [9.17, 15) is 19.2 Å². The molecule has 0 bridgehead atoms. The van der Waals surface area contributed by atoms with Gasteiger partial charge in [-0.3, -0.25) is 34.3 Å². The highest BCUT2D eigenvalue weighted by molar-refractivity contribution is 6.24. The highest BCUT2D eigenvalue weighted by Gasteiger charge is 2.47. The van der Waals surface area contributed by atoms with Crippen LogP contribution < -0.4 is 10.6 Å². The monoisotopic (exact) mass is 396 g/mol. The van der Waals surface area contributed by atoms with Crippen LogP contribution in [0.4, 0.5) is 0 Å². The molecule has 4 aliphatic heterocycles. The lowest BCUT2D eigenvalue weighted by Crippen LogP contribution is -2.69. The van der Waals surface area contributed by atoms with Crippen LogP contribution in [0.15, 0.2) is 18.2 Å². The van der Waals surface area contributed by atoms with E-state index in [1.165, 1.54) is 19.3 Å². The van der Waals surface area contributed by atoms with Gasteiger partial charge in [-0.1, -0.05) is 18.6 Å². The topological polar surface area (TPSA) is 98.8 Å². The second kappa shape index (κ2) is 6.74. The number of hydrogen-bond donors (Lipinski definition) is 2. The lowest BCUT2D eigenvalue weighted by Gasteiger charge is -2.53. The smallest absolute Gasteiger partial charge is 0.262 e. The number of rotatable bonds is 3. The quantitative estimate of drug-likeness (QED) is 0.719. The van der Waals surface area contributed by atoms with E-state index in [2.05, 4.69) is 15.5 Å². The molecule has 1 atom stereocenters. The fraction of sp³-hybridized carbons (Fsp3) is 0.524. The number of amides is 4. The zero-order chi connectivity index (χ0) is 20.2. The number of hydrogen-bond acceptors (Lipinski definition) is 6. The lowest BCUT2D eigenvalue weighted by atomic mass is 9.81. The van der Waals surface area contributed by atoms with E-state index < -0.39 is 23.8 Å². The molecular formula is C21H24N4O4. The molecule has 4 heterocycles. The van der Waals surface area contributed by atoms with Gasteiger partial charge in [-0.2, -0.15) is 0 Å². The Bertz CT molecular complexity index is 913. The average molecular weight is 396 g/mol. The van der Waals surface area contributed by atoms with E-state index in [4.69, 9.17) is 0 Å². The van der Waals surface area contributed by atoms with Crippen molar-refractivity contribution in [3.8, 4) is 0 Å². The third-order valence-electron chi connectivity index (χ3n) is 6.58. The number of carbonyl (C=O) groups is 4. The van der Waals surface area contributed by atoms with Crippen molar-refractivity contribution in [2.24, 2.45) is 0 Å². The Balaban J connectivity index is 1.35. The Morgan fingerprint density at radius 2 is 1.90 bits per heavy atom. The number of nitrogens with one attached hydrogen (secondary N) is 2. The SMILES string of the molecule is O=C1CCC(N2C(=O)c3cccc(CN4CC5(CCCCN5)C4)c3C2=O)C(=O)N1. The summed E-state index contributed by atoms with van der Waals surface area (Å²) in [6.45, 7) is 3.54. The number of fused-ring (bicyclic) bond motifs is 1. The third kappa shape index (κ3) is 2.98. The normalized spacial score (nSPS) is 26.5. The highest BCUT2D eigenvalue weighted by Crippen LogP contribution is 2.34. The molecule has 5 rings (SSSR count). The second-order valence-electron chi connectivity index (χ2n) is 8.60. The fourth-order valence-corrected chi connectivity index (χ4v) is 5.18. The van der Waals surface area contributed by atoms with Crippen molar-refractivity contribution >= 4 is 23.6 Å². The van der Waals surface area contributed by atoms with Crippen LogP contribution in [-0.4, -0.2) is 64.6 Å². The summed E-state index contributed by atoms with van der Waals surface area (Å²) in [5.74, 6) is -1.83. The van der Waals surface area contributed by atoms with Gasteiger partial charge in [0.05, 0.1) is 11.1 Å². The molecular weight excluding hydrogens is 372 g/mol. The van der Waals surface area contributed by atoms with E-state index in [1.807, 2.05) is 6.07 Å². The van der Waals surface area contributed by atoms with E-state index in [1.54, 1.807) is 12.1 Å². The average Bonchev–Trinajstić information content (AvgIpc) is 2.93. The molecule has 1 spiro atoms.